The molecule has 0 amide bonds. The highest BCUT2D eigenvalue weighted by Crippen LogP contribution is 2.00. The number of likely N-dealkylation sites (N-methyl/N-ethyl adjacent to an activating group) is 2. The third-order valence-corrected chi connectivity index (χ3v) is 2.23. The summed E-state index contributed by atoms with van der Waals surface area (Å²) in [6.07, 6.45) is 0. The Labute approximate surface area is 104 Å². The molecule has 0 heterocycles. The molecule has 0 aliphatic rings. The molecule has 0 rings (SSSR count). The number of rotatable bonds is 9. The van der Waals surface area contributed by atoms with Crippen LogP contribution >= 0.6 is 0 Å². The standard InChI is InChI=1S/C12H24N2O3/c1-6-17-12(15)11(2)14(5)8-10-16-9-7-13(3)4/h2,6-10H2,1,3-5H3. The molecular weight excluding hydrogens is 220 g/mol. The van der Waals surface area contributed by atoms with Crippen molar-refractivity contribution >= 4 is 5.97 Å². The summed E-state index contributed by atoms with van der Waals surface area (Å²) in [5, 5.41) is 0. The lowest BCUT2D eigenvalue weighted by Crippen LogP contribution is -2.28. The first-order valence-electron chi connectivity index (χ1n) is 5.78. The normalized spacial score (nSPS) is 10.4. The van der Waals surface area contributed by atoms with E-state index in [1.54, 1.807) is 18.9 Å². The first kappa shape index (κ1) is 15.9. The van der Waals surface area contributed by atoms with Gasteiger partial charge in [0.2, 0.25) is 0 Å². The van der Waals surface area contributed by atoms with Gasteiger partial charge >= 0.3 is 5.97 Å². The maximum Gasteiger partial charge on any atom is 0.353 e. The highest BCUT2D eigenvalue weighted by atomic mass is 16.5. The number of carbonyl (C=O) groups excluding carboxylic acids is 1. The molecule has 0 aliphatic carbocycles. The van der Waals surface area contributed by atoms with Gasteiger partial charge in [0, 0.05) is 20.1 Å². The van der Waals surface area contributed by atoms with Gasteiger partial charge in [-0.25, -0.2) is 4.79 Å². The van der Waals surface area contributed by atoms with Crippen LogP contribution in [0.3, 0.4) is 0 Å². The number of esters is 1. The second-order valence-electron chi connectivity index (χ2n) is 4.00. The lowest BCUT2D eigenvalue weighted by atomic mass is 10.4. The zero-order valence-electron chi connectivity index (χ0n) is 11.4. The summed E-state index contributed by atoms with van der Waals surface area (Å²) in [5.41, 5.74) is 0.364. The molecule has 100 valence electrons. The Morgan fingerprint density at radius 3 is 2.29 bits per heavy atom. The van der Waals surface area contributed by atoms with Gasteiger partial charge in [-0.05, 0) is 21.0 Å². The number of hydrogen-bond donors (Lipinski definition) is 0. The van der Waals surface area contributed by atoms with Gasteiger partial charge in [-0.1, -0.05) is 6.58 Å². The molecule has 5 nitrogen and oxygen atoms in total. The van der Waals surface area contributed by atoms with E-state index in [1.807, 2.05) is 14.1 Å². The maximum atomic E-state index is 11.4. The van der Waals surface area contributed by atoms with E-state index in [0.29, 0.717) is 32.1 Å². The molecule has 5 heteroatoms. The van der Waals surface area contributed by atoms with Crippen molar-refractivity contribution in [2.24, 2.45) is 0 Å². The predicted octanol–water partition coefficient (Wildman–Crippen LogP) is 0.573. The van der Waals surface area contributed by atoms with E-state index in [9.17, 15) is 4.79 Å². The zero-order valence-corrected chi connectivity index (χ0v) is 11.4. The van der Waals surface area contributed by atoms with Crippen molar-refractivity contribution in [1.29, 1.82) is 0 Å². The molecule has 0 bridgehead atoms. The third kappa shape index (κ3) is 7.76. The second-order valence-corrected chi connectivity index (χ2v) is 4.00. The van der Waals surface area contributed by atoms with Crippen LogP contribution in [0.15, 0.2) is 12.3 Å². The Morgan fingerprint density at radius 1 is 1.18 bits per heavy atom. The van der Waals surface area contributed by atoms with E-state index in [4.69, 9.17) is 9.47 Å². The van der Waals surface area contributed by atoms with E-state index in [0.717, 1.165) is 6.54 Å². The molecular formula is C12H24N2O3. The lowest BCUT2D eigenvalue weighted by Gasteiger charge is -2.20. The summed E-state index contributed by atoms with van der Waals surface area (Å²) < 4.78 is 10.3. The molecule has 0 saturated carbocycles. The molecule has 0 aliphatic heterocycles. The monoisotopic (exact) mass is 244 g/mol. The van der Waals surface area contributed by atoms with Crippen LogP contribution in [0.25, 0.3) is 0 Å². The fourth-order valence-corrected chi connectivity index (χ4v) is 1.06. The van der Waals surface area contributed by atoms with Crippen LogP contribution in [0, 0.1) is 0 Å². The fraction of sp³-hybridized carbons (Fsp3) is 0.750. The second kappa shape index (κ2) is 9.01. The van der Waals surface area contributed by atoms with Gasteiger partial charge in [0.1, 0.15) is 5.70 Å². The molecule has 0 aromatic heterocycles. The topological polar surface area (TPSA) is 42.0 Å². The van der Waals surface area contributed by atoms with Crippen molar-refractivity contribution in [3.05, 3.63) is 12.3 Å². The van der Waals surface area contributed by atoms with Crippen LogP contribution in [0.5, 0.6) is 0 Å². The molecule has 17 heavy (non-hydrogen) atoms. The van der Waals surface area contributed by atoms with Crippen LogP contribution < -0.4 is 0 Å². The summed E-state index contributed by atoms with van der Waals surface area (Å²) >= 11 is 0. The molecule has 0 N–H and O–H groups in total. The summed E-state index contributed by atoms with van der Waals surface area (Å²) in [6.45, 7) is 8.61. The fourth-order valence-electron chi connectivity index (χ4n) is 1.06. The smallest absolute Gasteiger partial charge is 0.353 e. The number of carbonyl (C=O) groups is 1. The molecule has 0 fully saturated rings. The van der Waals surface area contributed by atoms with Crippen molar-refractivity contribution in [1.82, 2.24) is 9.80 Å². The Bertz CT molecular complexity index is 242. The molecule has 0 saturated heterocycles. The molecule has 0 aromatic rings. The lowest BCUT2D eigenvalue weighted by molar-refractivity contribution is -0.140. The van der Waals surface area contributed by atoms with Gasteiger partial charge in [-0.3, -0.25) is 0 Å². The first-order chi connectivity index (χ1) is 7.99. The van der Waals surface area contributed by atoms with Crippen LogP contribution in [-0.4, -0.2) is 69.8 Å². The van der Waals surface area contributed by atoms with E-state index in [2.05, 4.69) is 11.5 Å². The summed E-state index contributed by atoms with van der Waals surface area (Å²) in [5.74, 6) is -0.372. The van der Waals surface area contributed by atoms with Crippen LogP contribution in [0.2, 0.25) is 0 Å². The Kier molecular flexibility index (Phi) is 8.44. The minimum absolute atomic E-state index is 0.364. The van der Waals surface area contributed by atoms with Gasteiger partial charge < -0.3 is 19.3 Å². The average Bonchev–Trinajstić information content (AvgIpc) is 2.27. The van der Waals surface area contributed by atoms with Crippen LogP contribution in [0.1, 0.15) is 6.92 Å². The Hall–Kier alpha value is -1.07. The highest BCUT2D eigenvalue weighted by Gasteiger charge is 2.11. The summed E-state index contributed by atoms with van der Waals surface area (Å²) in [6, 6.07) is 0. The molecule has 0 aromatic carbocycles. The van der Waals surface area contributed by atoms with E-state index in [-0.39, 0.29) is 5.97 Å². The van der Waals surface area contributed by atoms with Crippen molar-refractivity contribution in [3.63, 3.8) is 0 Å². The van der Waals surface area contributed by atoms with Gasteiger partial charge in [0.25, 0.3) is 0 Å². The summed E-state index contributed by atoms with van der Waals surface area (Å²) in [7, 11) is 5.80. The minimum Gasteiger partial charge on any atom is -0.461 e. The van der Waals surface area contributed by atoms with Gasteiger partial charge in [-0.2, -0.15) is 0 Å². The molecule has 0 radical (unpaired) electrons. The quantitative estimate of drug-likeness (QED) is 0.337. The average molecular weight is 244 g/mol. The Morgan fingerprint density at radius 2 is 1.76 bits per heavy atom. The largest absolute Gasteiger partial charge is 0.461 e. The number of nitrogens with zero attached hydrogens (tertiary/aromatic N) is 2. The molecule has 0 atom stereocenters. The zero-order chi connectivity index (χ0) is 13.3. The first-order valence-corrected chi connectivity index (χ1v) is 5.78. The van der Waals surface area contributed by atoms with Gasteiger partial charge in [0.15, 0.2) is 0 Å². The number of ether oxygens (including phenoxy) is 2. The highest BCUT2D eigenvalue weighted by molar-refractivity contribution is 5.86. The summed E-state index contributed by atoms with van der Waals surface area (Å²) in [4.78, 5) is 15.2. The van der Waals surface area contributed by atoms with Crippen molar-refractivity contribution < 1.29 is 14.3 Å². The van der Waals surface area contributed by atoms with E-state index in [1.165, 1.54) is 0 Å². The van der Waals surface area contributed by atoms with Gasteiger partial charge in [-0.15, -0.1) is 0 Å². The Balaban J connectivity index is 3.67. The van der Waals surface area contributed by atoms with Crippen molar-refractivity contribution in [2.75, 3.05) is 54.1 Å². The van der Waals surface area contributed by atoms with Crippen molar-refractivity contribution in [2.45, 2.75) is 6.92 Å². The molecule has 0 spiro atoms. The number of hydrogen-bond acceptors (Lipinski definition) is 5. The van der Waals surface area contributed by atoms with Crippen molar-refractivity contribution in [3.8, 4) is 0 Å². The van der Waals surface area contributed by atoms with Crippen LogP contribution in [-0.2, 0) is 14.3 Å². The maximum absolute atomic E-state index is 11.4. The minimum atomic E-state index is -0.372. The van der Waals surface area contributed by atoms with Gasteiger partial charge in [0.05, 0.1) is 19.8 Å². The van der Waals surface area contributed by atoms with E-state index >= 15 is 0 Å². The SMILES string of the molecule is C=C(C(=O)OCC)N(C)CCOCCN(C)C. The molecule has 0 unspecified atom stereocenters. The third-order valence-electron chi connectivity index (χ3n) is 2.23. The predicted molar refractivity (Wildman–Crippen MR) is 67.8 cm³/mol. The van der Waals surface area contributed by atoms with Crippen LogP contribution in [0.4, 0.5) is 0 Å². The van der Waals surface area contributed by atoms with E-state index < -0.39 is 0 Å².